The molecule has 0 saturated heterocycles. The molecule has 3 aromatic rings. The number of rotatable bonds is 2. The van der Waals surface area contributed by atoms with Crippen LogP contribution in [0.15, 0.2) is 47.2 Å². The molecule has 0 unspecified atom stereocenters. The van der Waals surface area contributed by atoms with Gasteiger partial charge in [-0.1, -0.05) is 5.16 Å². The van der Waals surface area contributed by atoms with Crippen LogP contribution in [0.5, 0.6) is 0 Å². The zero-order chi connectivity index (χ0) is 13.2. The Labute approximate surface area is 107 Å². The molecule has 0 radical (unpaired) electrons. The molecule has 6 heteroatoms. The fourth-order valence-electron chi connectivity index (χ4n) is 1.63. The number of nitrogens with two attached hydrogens (primary N) is 1. The SMILES string of the molecule is Nc1ccc(-c2noc(-c3ccncc3F)n2)cc1. The lowest BCUT2D eigenvalue weighted by molar-refractivity contribution is 0.429. The van der Waals surface area contributed by atoms with Gasteiger partial charge in [0.05, 0.1) is 11.8 Å². The summed E-state index contributed by atoms with van der Waals surface area (Å²) < 4.78 is 18.6. The molecule has 1 aromatic carbocycles. The molecular weight excluding hydrogens is 247 g/mol. The molecule has 0 amide bonds. The van der Waals surface area contributed by atoms with Gasteiger partial charge in [0, 0.05) is 17.4 Å². The van der Waals surface area contributed by atoms with Gasteiger partial charge in [0.15, 0.2) is 5.82 Å². The number of aromatic nitrogens is 3. The van der Waals surface area contributed by atoms with Gasteiger partial charge in [-0.15, -0.1) is 0 Å². The van der Waals surface area contributed by atoms with Gasteiger partial charge in [-0.05, 0) is 30.3 Å². The van der Waals surface area contributed by atoms with E-state index < -0.39 is 5.82 Å². The molecule has 3 rings (SSSR count). The Balaban J connectivity index is 2.00. The van der Waals surface area contributed by atoms with E-state index in [0.717, 1.165) is 11.8 Å². The van der Waals surface area contributed by atoms with E-state index in [-0.39, 0.29) is 11.5 Å². The molecule has 0 atom stereocenters. The zero-order valence-corrected chi connectivity index (χ0v) is 9.75. The first kappa shape index (κ1) is 11.3. The van der Waals surface area contributed by atoms with Crippen molar-refractivity contribution in [3.05, 3.63) is 48.5 Å². The van der Waals surface area contributed by atoms with Gasteiger partial charge >= 0.3 is 0 Å². The molecule has 94 valence electrons. The molecule has 2 aromatic heterocycles. The van der Waals surface area contributed by atoms with E-state index in [4.69, 9.17) is 10.3 Å². The first-order valence-electron chi connectivity index (χ1n) is 5.53. The summed E-state index contributed by atoms with van der Waals surface area (Å²) in [5, 5.41) is 3.82. The van der Waals surface area contributed by atoms with E-state index >= 15 is 0 Å². The van der Waals surface area contributed by atoms with Crippen molar-refractivity contribution in [2.24, 2.45) is 0 Å². The first-order valence-corrected chi connectivity index (χ1v) is 5.53. The summed E-state index contributed by atoms with van der Waals surface area (Å²) in [6.45, 7) is 0. The number of benzene rings is 1. The van der Waals surface area contributed by atoms with Crippen LogP contribution in [0.1, 0.15) is 0 Å². The predicted octanol–water partition coefficient (Wildman–Crippen LogP) is 2.52. The summed E-state index contributed by atoms with van der Waals surface area (Å²) in [6, 6.07) is 8.49. The maximum absolute atomic E-state index is 13.5. The van der Waals surface area contributed by atoms with E-state index in [1.807, 2.05) is 0 Å². The number of hydrogen-bond acceptors (Lipinski definition) is 5. The third-order valence-corrected chi connectivity index (χ3v) is 2.60. The van der Waals surface area contributed by atoms with Gasteiger partial charge in [0.1, 0.15) is 0 Å². The van der Waals surface area contributed by atoms with E-state index in [2.05, 4.69) is 15.1 Å². The lowest BCUT2D eigenvalue weighted by Crippen LogP contribution is -1.87. The third-order valence-electron chi connectivity index (χ3n) is 2.60. The normalized spacial score (nSPS) is 10.6. The summed E-state index contributed by atoms with van der Waals surface area (Å²) in [5.74, 6) is -0.00653. The topological polar surface area (TPSA) is 77.8 Å². The standard InChI is InChI=1S/C13H9FN4O/c14-11-7-16-6-5-10(11)13-17-12(18-19-13)8-1-3-9(15)4-2-8/h1-7H,15H2. The predicted molar refractivity (Wildman–Crippen MR) is 67.3 cm³/mol. The molecule has 0 saturated carbocycles. The third kappa shape index (κ3) is 2.15. The highest BCUT2D eigenvalue weighted by Gasteiger charge is 2.13. The maximum atomic E-state index is 13.5. The molecule has 0 aliphatic rings. The number of hydrogen-bond donors (Lipinski definition) is 1. The number of nitrogens with zero attached hydrogens (tertiary/aromatic N) is 3. The minimum absolute atomic E-state index is 0.117. The van der Waals surface area contributed by atoms with E-state index in [1.54, 1.807) is 24.3 Å². The largest absolute Gasteiger partial charge is 0.399 e. The second kappa shape index (κ2) is 4.49. The van der Waals surface area contributed by atoms with Crippen LogP contribution < -0.4 is 5.73 Å². The van der Waals surface area contributed by atoms with E-state index in [9.17, 15) is 4.39 Å². The highest BCUT2D eigenvalue weighted by Crippen LogP contribution is 2.24. The van der Waals surface area contributed by atoms with Crippen molar-refractivity contribution in [1.29, 1.82) is 0 Å². The van der Waals surface area contributed by atoms with Crippen molar-refractivity contribution in [3.63, 3.8) is 0 Å². The molecule has 0 aliphatic carbocycles. The smallest absolute Gasteiger partial charge is 0.261 e. The van der Waals surface area contributed by atoms with E-state index in [0.29, 0.717) is 11.5 Å². The van der Waals surface area contributed by atoms with Gasteiger partial charge in [0.25, 0.3) is 5.89 Å². The van der Waals surface area contributed by atoms with Gasteiger partial charge in [-0.2, -0.15) is 4.98 Å². The van der Waals surface area contributed by atoms with Crippen molar-refractivity contribution in [3.8, 4) is 22.8 Å². The van der Waals surface area contributed by atoms with Crippen LogP contribution in [-0.4, -0.2) is 15.1 Å². The van der Waals surface area contributed by atoms with Crippen LogP contribution in [0, 0.1) is 5.82 Å². The van der Waals surface area contributed by atoms with Crippen molar-refractivity contribution in [2.45, 2.75) is 0 Å². The zero-order valence-electron chi connectivity index (χ0n) is 9.75. The Hall–Kier alpha value is -2.76. The average Bonchev–Trinajstić information content (AvgIpc) is 2.89. The molecule has 2 N–H and O–H groups in total. The fourth-order valence-corrected chi connectivity index (χ4v) is 1.63. The average molecular weight is 256 g/mol. The lowest BCUT2D eigenvalue weighted by Gasteiger charge is -1.95. The van der Waals surface area contributed by atoms with Crippen LogP contribution in [-0.2, 0) is 0 Å². The first-order chi connectivity index (χ1) is 9.24. The van der Waals surface area contributed by atoms with Gasteiger partial charge < -0.3 is 10.3 Å². The molecule has 5 nitrogen and oxygen atoms in total. The molecule has 0 fully saturated rings. The number of halogens is 1. The second-order valence-electron chi connectivity index (χ2n) is 3.90. The van der Waals surface area contributed by atoms with Crippen molar-refractivity contribution in [1.82, 2.24) is 15.1 Å². The van der Waals surface area contributed by atoms with Crippen LogP contribution in [0.4, 0.5) is 10.1 Å². The van der Waals surface area contributed by atoms with Gasteiger partial charge in [0.2, 0.25) is 5.82 Å². The van der Waals surface area contributed by atoms with Crippen molar-refractivity contribution in [2.75, 3.05) is 5.73 Å². The Morgan fingerprint density at radius 2 is 1.89 bits per heavy atom. The summed E-state index contributed by atoms with van der Waals surface area (Å²) >= 11 is 0. The number of pyridine rings is 1. The van der Waals surface area contributed by atoms with Crippen LogP contribution in [0.2, 0.25) is 0 Å². The molecule has 0 spiro atoms. The molecular formula is C13H9FN4O. The summed E-state index contributed by atoms with van der Waals surface area (Å²) in [4.78, 5) is 7.82. The minimum atomic E-state index is -0.505. The van der Waals surface area contributed by atoms with Crippen LogP contribution in [0.3, 0.4) is 0 Å². The van der Waals surface area contributed by atoms with E-state index in [1.165, 1.54) is 12.3 Å². The Bertz CT molecular complexity index is 709. The molecule has 2 heterocycles. The number of nitrogen functional groups attached to an aromatic ring is 1. The highest BCUT2D eigenvalue weighted by atomic mass is 19.1. The Morgan fingerprint density at radius 3 is 2.63 bits per heavy atom. The van der Waals surface area contributed by atoms with Crippen LogP contribution >= 0.6 is 0 Å². The summed E-state index contributed by atoms with van der Waals surface area (Å²) in [6.07, 6.45) is 2.56. The molecule has 0 bridgehead atoms. The van der Waals surface area contributed by atoms with Gasteiger partial charge in [-0.3, -0.25) is 4.98 Å². The Kier molecular flexibility index (Phi) is 2.68. The number of anilines is 1. The summed E-state index contributed by atoms with van der Waals surface area (Å²) in [7, 11) is 0. The highest BCUT2D eigenvalue weighted by molar-refractivity contribution is 5.61. The van der Waals surface area contributed by atoms with Crippen LogP contribution in [0.25, 0.3) is 22.8 Å². The second-order valence-corrected chi connectivity index (χ2v) is 3.90. The minimum Gasteiger partial charge on any atom is -0.399 e. The maximum Gasteiger partial charge on any atom is 0.261 e. The fraction of sp³-hybridized carbons (Fsp3) is 0. The summed E-state index contributed by atoms with van der Waals surface area (Å²) in [5.41, 5.74) is 7.22. The lowest BCUT2D eigenvalue weighted by atomic mass is 10.2. The quantitative estimate of drug-likeness (QED) is 0.713. The molecule has 19 heavy (non-hydrogen) atoms. The van der Waals surface area contributed by atoms with Crippen molar-refractivity contribution < 1.29 is 8.91 Å². The Morgan fingerprint density at radius 1 is 1.11 bits per heavy atom. The van der Waals surface area contributed by atoms with Crippen molar-refractivity contribution >= 4 is 5.69 Å². The molecule has 0 aliphatic heterocycles. The monoisotopic (exact) mass is 256 g/mol. The van der Waals surface area contributed by atoms with Gasteiger partial charge in [-0.25, -0.2) is 4.39 Å².